The van der Waals surface area contributed by atoms with Crippen LogP contribution in [0.2, 0.25) is 0 Å². The van der Waals surface area contributed by atoms with Crippen molar-refractivity contribution in [2.75, 3.05) is 26.9 Å². The Balaban J connectivity index is 1.89. The lowest BCUT2D eigenvalue weighted by Crippen LogP contribution is -2.32. The second-order valence-corrected chi connectivity index (χ2v) is 5.60. The fraction of sp³-hybridized carbons (Fsp3) is 0.389. The van der Waals surface area contributed by atoms with Crippen molar-refractivity contribution < 1.29 is 14.3 Å². The summed E-state index contributed by atoms with van der Waals surface area (Å²) < 4.78 is 11.9. The van der Waals surface area contributed by atoms with Crippen molar-refractivity contribution in [1.82, 2.24) is 15.1 Å². The number of nitrogens with zero attached hydrogens (tertiary/aromatic N) is 2. The monoisotopic (exact) mass is 345 g/mol. The fourth-order valence-electron chi connectivity index (χ4n) is 2.34. The molecule has 1 aromatic heterocycles. The maximum absolute atomic E-state index is 12.2. The van der Waals surface area contributed by atoms with Crippen LogP contribution in [-0.2, 0) is 11.3 Å². The molecule has 2 aromatic rings. The number of methoxy groups -OCH3 is 1. The molecular weight excluding hydrogens is 322 g/mol. The van der Waals surface area contributed by atoms with E-state index in [0.717, 1.165) is 16.9 Å². The predicted octanol–water partition coefficient (Wildman–Crippen LogP) is 1.32. The summed E-state index contributed by atoms with van der Waals surface area (Å²) in [4.78, 5) is 23.8. The molecule has 0 spiro atoms. The van der Waals surface area contributed by atoms with Crippen LogP contribution in [0.4, 0.5) is 0 Å². The van der Waals surface area contributed by atoms with E-state index in [2.05, 4.69) is 10.4 Å². The zero-order valence-electron chi connectivity index (χ0n) is 14.7. The number of carbonyl (C=O) groups excluding carboxylic acids is 1. The van der Waals surface area contributed by atoms with Crippen molar-refractivity contribution in [1.29, 1.82) is 0 Å². The van der Waals surface area contributed by atoms with Crippen molar-refractivity contribution in [2.24, 2.45) is 0 Å². The number of amides is 1. The van der Waals surface area contributed by atoms with Crippen LogP contribution in [0.3, 0.4) is 0 Å². The molecule has 0 aliphatic rings. The molecule has 0 saturated carbocycles. The zero-order chi connectivity index (χ0) is 18.2. The van der Waals surface area contributed by atoms with Gasteiger partial charge in [0.2, 0.25) is 0 Å². The smallest absolute Gasteiger partial charge is 0.271 e. The van der Waals surface area contributed by atoms with Gasteiger partial charge in [-0.15, -0.1) is 0 Å². The number of carbonyl (C=O) groups is 1. The van der Waals surface area contributed by atoms with Crippen LogP contribution in [0.1, 0.15) is 21.6 Å². The van der Waals surface area contributed by atoms with E-state index >= 15 is 0 Å². The average Bonchev–Trinajstić information content (AvgIpc) is 2.59. The van der Waals surface area contributed by atoms with Gasteiger partial charge in [0, 0.05) is 13.2 Å². The van der Waals surface area contributed by atoms with Crippen LogP contribution in [0.15, 0.2) is 35.1 Å². The summed E-state index contributed by atoms with van der Waals surface area (Å²) in [6.45, 7) is 5.29. The number of hydrogen-bond donors (Lipinski definition) is 1. The Hall–Kier alpha value is -2.67. The Morgan fingerprint density at radius 3 is 2.56 bits per heavy atom. The largest absolute Gasteiger partial charge is 0.491 e. The van der Waals surface area contributed by atoms with Crippen LogP contribution in [0.25, 0.3) is 0 Å². The first-order valence-electron chi connectivity index (χ1n) is 8.07. The SMILES string of the molecule is COCCn1nc(C(=O)NCCOc2c(C)cccc2C)ccc1=O. The van der Waals surface area contributed by atoms with E-state index in [1.807, 2.05) is 32.0 Å². The third-order valence-corrected chi connectivity index (χ3v) is 3.65. The number of ether oxygens (including phenoxy) is 2. The molecule has 0 aliphatic carbocycles. The summed E-state index contributed by atoms with van der Waals surface area (Å²) in [5.74, 6) is 0.485. The molecule has 0 atom stereocenters. The molecule has 1 amide bonds. The fourth-order valence-corrected chi connectivity index (χ4v) is 2.34. The van der Waals surface area contributed by atoms with Crippen molar-refractivity contribution in [2.45, 2.75) is 20.4 Å². The van der Waals surface area contributed by atoms with Gasteiger partial charge >= 0.3 is 0 Å². The lowest BCUT2D eigenvalue weighted by molar-refractivity contribution is 0.0938. The minimum Gasteiger partial charge on any atom is -0.491 e. The first-order chi connectivity index (χ1) is 12.0. The van der Waals surface area contributed by atoms with Crippen LogP contribution in [0.5, 0.6) is 5.75 Å². The van der Waals surface area contributed by atoms with Crippen LogP contribution < -0.4 is 15.6 Å². The van der Waals surface area contributed by atoms with Gasteiger partial charge in [-0.25, -0.2) is 4.68 Å². The van der Waals surface area contributed by atoms with Crippen molar-refractivity contribution in [3.8, 4) is 5.75 Å². The molecule has 1 N–H and O–H groups in total. The molecule has 25 heavy (non-hydrogen) atoms. The van der Waals surface area contributed by atoms with E-state index in [9.17, 15) is 9.59 Å². The maximum atomic E-state index is 12.2. The van der Waals surface area contributed by atoms with Crippen LogP contribution in [-0.4, -0.2) is 42.6 Å². The minimum absolute atomic E-state index is 0.183. The molecule has 1 aromatic carbocycles. The number of aryl methyl sites for hydroxylation is 2. The highest BCUT2D eigenvalue weighted by atomic mass is 16.5. The highest BCUT2D eigenvalue weighted by Crippen LogP contribution is 2.21. The van der Waals surface area contributed by atoms with Gasteiger partial charge in [-0.2, -0.15) is 5.10 Å². The highest BCUT2D eigenvalue weighted by Gasteiger charge is 2.09. The second-order valence-electron chi connectivity index (χ2n) is 5.60. The Morgan fingerprint density at radius 2 is 1.88 bits per heavy atom. The topological polar surface area (TPSA) is 82.5 Å². The molecule has 134 valence electrons. The van der Waals surface area contributed by atoms with Gasteiger partial charge in [0.15, 0.2) is 0 Å². The summed E-state index contributed by atoms with van der Waals surface area (Å²) in [5.41, 5.74) is 2.02. The van der Waals surface area contributed by atoms with Gasteiger partial charge in [0.25, 0.3) is 11.5 Å². The van der Waals surface area contributed by atoms with E-state index in [4.69, 9.17) is 9.47 Å². The summed E-state index contributed by atoms with van der Waals surface area (Å²) in [5, 5.41) is 6.78. The Labute approximate surface area is 146 Å². The standard InChI is InChI=1S/C18H23N3O4/c1-13-5-4-6-14(2)17(13)25-11-9-19-18(23)15-7-8-16(22)21(20-15)10-12-24-3/h4-8H,9-12H2,1-3H3,(H,19,23). The van der Waals surface area contributed by atoms with Crippen molar-refractivity contribution >= 4 is 5.91 Å². The Kier molecular flexibility index (Phi) is 6.71. The molecule has 1 heterocycles. The third-order valence-electron chi connectivity index (χ3n) is 3.65. The van der Waals surface area contributed by atoms with Crippen molar-refractivity contribution in [3.63, 3.8) is 0 Å². The van der Waals surface area contributed by atoms with Gasteiger partial charge in [-0.1, -0.05) is 18.2 Å². The molecule has 0 unspecified atom stereocenters. The normalized spacial score (nSPS) is 10.5. The molecule has 0 radical (unpaired) electrons. The number of para-hydroxylation sites is 1. The van der Waals surface area contributed by atoms with Crippen molar-refractivity contribution in [3.05, 3.63) is 57.5 Å². The molecule has 0 aliphatic heterocycles. The lowest BCUT2D eigenvalue weighted by atomic mass is 10.1. The quantitative estimate of drug-likeness (QED) is 0.730. The van der Waals surface area contributed by atoms with E-state index in [1.165, 1.54) is 23.9 Å². The number of rotatable bonds is 8. The summed E-state index contributed by atoms with van der Waals surface area (Å²) in [6, 6.07) is 8.67. The molecule has 2 rings (SSSR count). The summed E-state index contributed by atoms with van der Waals surface area (Å²) in [6.07, 6.45) is 0. The zero-order valence-corrected chi connectivity index (χ0v) is 14.7. The second kappa shape index (κ2) is 8.98. The van der Waals surface area contributed by atoms with Gasteiger partial charge in [0.05, 0.1) is 19.7 Å². The van der Waals surface area contributed by atoms with Gasteiger partial charge in [-0.05, 0) is 31.0 Å². The summed E-state index contributed by atoms with van der Waals surface area (Å²) >= 11 is 0. The maximum Gasteiger partial charge on any atom is 0.271 e. The molecule has 7 nitrogen and oxygen atoms in total. The highest BCUT2D eigenvalue weighted by molar-refractivity contribution is 5.91. The van der Waals surface area contributed by atoms with E-state index in [1.54, 1.807) is 0 Å². The van der Waals surface area contributed by atoms with E-state index < -0.39 is 0 Å². The van der Waals surface area contributed by atoms with Gasteiger partial charge in [0.1, 0.15) is 18.1 Å². The molecule has 7 heteroatoms. The first kappa shape index (κ1) is 18.7. The first-order valence-corrected chi connectivity index (χ1v) is 8.07. The predicted molar refractivity (Wildman–Crippen MR) is 94.1 cm³/mol. The van der Waals surface area contributed by atoms with E-state index in [0.29, 0.717) is 26.3 Å². The van der Waals surface area contributed by atoms with Gasteiger partial charge < -0.3 is 14.8 Å². The number of nitrogens with one attached hydrogen (secondary N) is 1. The summed E-state index contributed by atoms with van der Waals surface area (Å²) in [7, 11) is 1.54. The third kappa shape index (κ3) is 5.15. The van der Waals surface area contributed by atoms with Crippen LogP contribution >= 0.6 is 0 Å². The molecule has 0 bridgehead atoms. The molecule has 0 fully saturated rings. The number of benzene rings is 1. The number of hydrogen-bond acceptors (Lipinski definition) is 5. The van der Waals surface area contributed by atoms with E-state index in [-0.39, 0.29) is 17.2 Å². The van der Waals surface area contributed by atoms with Crippen LogP contribution in [0, 0.1) is 13.8 Å². The minimum atomic E-state index is -0.351. The molecule has 0 saturated heterocycles. The lowest BCUT2D eigenvalue weighted by Gasteiger charge is -2.12. The molecular formula is C18H23N3O4. The Morgan fingerprint density at radius 1 is 1.16 bits per heavy atom. The Bertz CT molecular complexity index is 766. The van der Waals surface area contributed by atoms with Gasteiger partial charge in [-0.3, -0.25) is 9.59 Å². The average molecular weight is 345 g/mol. The number of aromatic nitrogens is 2.